The van der Waals surface area contributed by atoms with Gasteiger partial charge < -0.3 is 14.8 Å². The van der Waals surface area contributed by atoms with Crippen LogP contribution in [-0.4, -0.2) is 53.6 Å². The van der Waals surface area contributed by atoms with Crippen LogP contribution < -0.4 is 5.32 Å². The molecule has 0 aliphatic rings. The van der Waals surface area contributed by atoms with E-state index in [9.17, 15) is 19.7 Å². The van der Waals surface area contributed by atoms with E-state index in [2.05, 4.69) is 15.3 Å². The predicted molar refractivity (Wildman–Crippen MR) is 133 cm³/mol. The van der Waals surface area contributed by atoms with Crippen LogP contribution in [0.5, 0.6) is 0 Å². The van der Waals surface area contributed by atoms with E-state index in [0.29, 0.717) is 24.4 Å². The average molecular weight is 493 g/mol. The number of pyridine rings is 2. The molecule has 2 heterocycles. The molecule has 10 heteroatoms. The highest BCUT2D eigenvalue weighted by Gasteiger charge is 2.30. The van der Waals surface area contributed by atoms with Crippen molar-refractivity contribution in [3.63, 3.8) is 0 Å². The molecular formula is C26H28N4O6. The SMILES string of the molecule is COCCOC(=O)c1c(C)nc(C)c(C(=O)NCCCc2ccncc2)c1-c1ccccc1[N+](=O)[O-]. The number of benzene rings is 1. The summed E-state index contributed by atoms with van der Waals surface area (Å²) in [6.07, 6.45) is 4.83. The summed E-state index contributed by atoms with van der Waals surface area (Å²) in [7, 11) is 1.47. The van der Waals surface area contributed by atoms with Crippen molar-refractivity contribution in [1.82, 2.24) is 15.3 Å². The smallest absolute Gasteiger partial charge is 0.340 e. The number of carbonyl (C=O) groups excluding carboxylic acids is 2. The predicted octanol–water partition coefficient (Wildman–Crippen LogP) is 3.83. The first-order chi connectivity index (χ1) is 17.3. The standard InChI is InChI=1S/C26H28N4O6/c1-17-22(25(31)28-12-6-7-19-10-13-27-14-11-19)24(20-8-4-5-9-21(20)30(33)34)23(18(2)29-17)26(32)36-16-15-35-3/h4-5,8-11,13-14H,6-7,12,15-16H2,1-3H3,(H,28,31). The third-order valence-electron chi connectivity index (χ3n) is 5.56. The van der Waals surface area contributed by atoms with Crippen LogP contribution in [0.2, 0.25) is 0 Å². The van der Waals surface area contributed by atoms with Crippen LogP contribution in [0.3, 0.4) is 0 Å². The maximum absolute atomic E-state index is 13.4. The van der Waals surface area contributed by atoms with Gasteiger partial charge >= 0.3 is 5.97 Å². The van der Waals surface area contributed by atoms with Gasteiger partial charge in [0, 0.05) is 37.7 Å². The number of nitrogens with one attached hydrogen (secondary N) is 1. The number of hydrogen-bond donors (Lipinski definition) is 1. The van der Waals surface area contributed by atoms with Gasteiger partial charge in [-0.2, -0.15) is 0 Å². The molecule has 36 heavy (non-hydrogen) atoms. The summed E-state index contributed by atoms with van der Waals surface area (Å²) in [6, 6.07) is 9.80. The summed E-state index contributed by atoms with van der Waals surface area (Å²) in [6.45, 7) is 3.76. The third kappa shape index (κ3) is 6.28. The second-order valence-electron chi connectivity index (χ2n) is 8.03. The van der Waals surface area contributed by atoms with Gasteiger partial charge in [0.1, 0.15) is 6.61 Å². The Kier molecular flexibility index (Phi) is 9.18. The van der Waals surface area contributed by atoms with E-state index < -0.39 is 16.8 Å². The van der Waals surface area contributed by atoms with Crippen LogP contribution in [0, 0.1) is 24.0 Å². The Morgan fingerprint density at radius 3 is 2.42 bits per heavy atom. The Hall–Kier alpha value is -4.18. The van der Waals surface area contributed by atoms with Crippen molar-refractivity contribution in [3.05, 3.63) is 87.0 Å². The number of rotatable bonds is 11. The Bertz CT molecular complexity index is 1250. The number of methoxy groups -OCH3 is 1. The van der Waals surface area contributed by atoms with Crippen LogP contribution in [0.15, 0.2) is 48.8 Å². The van der Waals surface area contributed by atoms with E-state index in [0.717, 1.165) is 12.0 Å². The summed E-state index contributed by atoms with van der Waals surface area (Å²) in [5, 5.41) is 14.7. The molecule has 0 unspecified atom stereocenters. The largest absolute Gasteiger partial charge is 0.460 e. The minimum Gasteiger partial charge on any atom is -0.460 e. The molecule has 2 aromatic heterocycles. The van der Waals surface area contributed by atoms with E-state index in [1.54, 1.807) is 32.3 Å². The molecular weight excluding hydrogens is 464 g/mol. The van der Waals surface area contributed by atoms with Gasteiger partial charge in [0.2, 0.25) is 0 Å². The molecule has 1 N–H and O–H groups in total. The normalized spacial score (nSPS) is 10.6. The number of hydrogen-bond acceptors (Lipinski definition) is 8. The lowest BCUT2D eigenvalue weighted by atomic mass is 9.91. The Balaban J connectivity index is 2.02. The Labute approximate surface area is 208 Å². The van der Waals surface area contributed by atoms with E-state index in [1.807, 2.05) is 12.1 Å². The number of aryl methyl sites for hydroxylation is 3. The lowest BCUT2D eigenvalue weighted by Crippen LogP contribution is -2.28. The molecule has 0 saturated heterocycles. The number of ether oxygens (including phenoxy) is 2. The second kappa shape index (κ2) is 12.5. The number of nitro benzene ring substituents is 1. The lowest BCUT2D eigenvalue weighted by Gasteiger charge is -2.18. The summed E-state index contributed by atoms with van der Waals surface area (Å²) < 4.78 is 10.3. The van der Waals surface area contributed by atoms with Gasteiger partial charge in [-0.25, -0.2) is 4.79 Å². The number of nitro groups is 1. The zero-order valence-electron chi connectivity index (χ0n) is 20.4. The number of para-hydroxylation sites is 1. The third-order valence-corrected chi connectivity index (χ3v) is 5.56. The molecule has 0 bridgehead atoms. The molecule has 0 saturated carbocycles. The Morgan fingerprint density at radius 1 is 1.03 bits per heavy atom. The minimum atomic E-state index is -0.739. The van der Waals surface area contributed by atoms with E-state index in [1.165, 1.54) is 25.3 Å². The second-order valence-corrected chi connectivity index (χ2v) is 8.03. The first kappa shape index (κ1) is 26.4. The monoisotopic (exact) mass is 492 g/mol. The van der Waals surface area contributed by atoms with Gasteiger partial charge in [0.05, 0.1) is 39.6 Å². The zero-order chi connectivity index (χ0) is 26.1. The molecule has 1 aromatic carbocycles. The van der Waals surface area contributed by atoms with E-state index >= 15 is 0 Å². The van der Waals surface area contributed by atoms with Gasteiger partial charge in [-0.15, -0.1) is 0 Å². The molecule has 0 spiro atoms. The summed E-state index contributed by atoms with van der Waals surface area (Å²) in [5.41, 5.74) is 1.87. The molecule has 0 radical (unpaired) electrons. The van der Waals surface area contributed by atoms with Crippen molar-refractivity contribution in [2.75, 3.05) is 26.9 Å². The zero-order valence-corrected chi connectivity index (χ0v) is 20.4. The van der Waals surface area contributed by atoms with Crippen LogP contribution in [0.25, 0.3) is 11.1 Å². The molecule has 3 aromatic rings. The number of esters is 1. The fourth-order valence-corrected chi connectivity index (χ4v) is 3.91. The van der Waals surface area contributed by atoms with Crippen LogP contribution in [0.4, 0.5) is 5.69 Å². The fourth-order valence-electron chi connectivity index (χ4n) is 3.91. The molecule has 0 aliphatic carbocycles. The number of carbonyl (C=O) groups is 2. The van der Waals surface area contributed by atoms with Gasteiger partial charge in [0.25, 0.3) is 11.6 Å². The van der Waals surface area contributed by atoms with Crippen LogP contribution in [-0.2, 0) is 15.9 Å². The van der Waals surface area contributed by atoms with Crippen LogP contribution in [0.1, 0.15) is 44.1 Å². The van der Waals surface area contributed by atoms with E-state index in [4.69, 9.17) is 9.47 Å². The molecule has 0 atom stereocenters. The molecule has 10 nitrogen and oxygen atoms in total. The van der Waals surface area contributed by atoms with Crippen molar-refractivity contribution < 1.29 is 24.0 Å². The molecule has 0 aliphatic heterocycles. The Morgan fingerprint density at radius 2 is 1.72 bits per heavy atom. The lowest BCUT2D eigenvalue weighted by molar-refractivity contribution is -0.384. The highest BCUT2D eigenvalue weighted by atomic mass is 16.6. The highest BCUT2D eigenvalue weighted by Crippen LogP contribution is 2.37. The summed E-state index contributed by atoms with van der Waals surface area (Å²) in [4.78, 5) is 46.2. The van der Waals surface area contributed by atoms with Crippen molar-refractivity contribution in [2.24, 2.45) is 0 Å². The highest BCUT2D eigenvalue weighted by molar-refractivity contribution is 6.09. The first-order valence-corrected chi connectivity index (χ1v) is 11.4. The number of nitrogens with zero attached hydrogens (tertiary/aromatic N) is 3. The molecule has 1 amide bonds. The van der Waals surface area contributed by atoms with Crippen molar-refractivity contribution in [2.45, 2.75) is 26.7 Å². The van der Waals surface area contributed by atoms with E-state index in [-0.39, 0.29) is 41.2 Å². The van der Waals surface area contributed by atoms with Gasteiger partial charge in [-0.3, -0.25) is 24.9 Å². The summed E-state index contributed by atoms with van der Waals surface area (Å²) in [5.74, 6) is -1.22. The maximum Gasteiger partial charge on any atom is 0.340 e. The molecule has 0 fully saturated rings. The molecule has 188 valence electrons. The quantitative estimate of drug-likeness (QED) is 0.185. The van der Waals surface area contributed by atoms with Crippen LogP contribution >= 0.6 is 0 Å². The van der Waals surface area contributed by atoms with Crippen molar-refractivity contribution in [1.29, 1.82) is 0 Å². The van der Waals surface area contributed by atoms with Gasteiger partial charge in [-0.1, -0.05) is 12.1 Å². The first-order valence-electron chi connectivity index (χ1n) is 11.4. The minimum absolute atomic E-state index is 0.00735. The number of aromatic nitrogens is 2. The van der Waals surface area contributed by atoms with Crippen molar-refractivity contribution in [3.8, 4) is 11.1 Å². The fraction of sp³-hybridized carbons (Fsp3) is 0.308. The summed E-state index contributed by atoms with van der Waals surface area (Å²) >= 11 is 0. The maximum atomic E-state index is 13.4. The van der Waals surface area contributed by atoms with Gasteiger partial charge in [-0.05, 0) is 50.5 Å². The topological polar surface area (TPSA) is 134 Å². The van der Waals surface area contributed by atoms with Crippen molar-refractivity contribution >= 4 is 17.6 Å². The number of amides is 1. The molecule has 3 rings (SSSR count). The average Bonchev–Trinajstić information content (AvgIpc) is 2.86. The van der Waals surface area contributed by atoms with Gasteiger partial charge in [0.15, 0.2) is 0 Å².